The first-order chi connectivity index (χ1) is 6.15. The summed E-state index contributed by atoms with van der Waals surface area (Å²) in [6.45, 7) is 4.49. The standard InChI is InChI=1S/C10H14N2O/c1-3-12-10-6-8(13)4-5-9(10)7(2)11/h4-6,11-13H,3H2,1-2H3. The van der Waals surface area contributed by atoms with Gasteiger partial charge in [-0.3, -0.25) is 0 Å². The van der Waals surface area contributed by atoms with Gasteiger partial charge in [-0.15, -0.1) is 0 Å². The van der Waals surface area contributed by atoms with Crippen molar-refractivity contribution in [2.45, 2.75) is 13.8 Å². The first kappa shape index (κ1) is 9.58. The number of anilines is 1. The molecule has 0 heterocycles. The lowest BCUT2D eigenvalue weighted by molar-refractivity contribution is 0.475. The minimum Gasteiger partial charge on any atom is -0.508 e. The van der Waals surface area contributed by atoms with Gasteiger partial charge in [-0.25, -0.2) is 0 Å². The van der Waals surface area contributed by atoms with Crippen molar-refractivity contribution in [2.24, 2.45) is 0 Å². The van der Waals surface area contributed by atoms with Gasteiger partial charge in [0.2, 0.25) is 0 Å². The summed E-state index contributed by atoms with van der Waals surface area (Å²) in [5, 5.41) is 19.8. The van der Waals surface area contributed by atoms with Crippen LogP contribution in [0.3, 0.4) is 0 Å². The number of phenolic OH excluding ortho intramolecular Hbond substituents is 1. The molecule has 0 aliphatic carbocycles. The molecule has 0 radical (unpaired) electrons. The third-order valence-electron chi connectivity index (χ3n) is 1.77. The highest BCUT2D eigenvalue weighted by molar-refractivity contribution is 6.01. The predicted octanol–water partition coefficient (Wildman–Crippen LogP) is 2.21. The van der Waals surface area contributed by atoms with E-state index in [1.165, 1.54) is 0 Å². The molecular weight excluding hydrogens is 164 g/mol. The molecule has 3 heteroatoms. The third-order valence-corrected chi connectivity index (χ3v) is 1.77. The average Bonchev–Trinajstić information content (AvgIpc) is 2.04. The number of benzene rings is 1. The minimum absolute atomic E-state index is 0.223. The van der Waals surface area contributed by atoms with Crippen molar-refractivity contribution < 1.29 is 5.11 Å². The van der Waals surface area contributed by atoms with Crippen LogP contribution in [0, 0.1) is 5.41 Å². The molecule has 1 aromatic rings. The highest BCUT2D eigenvalue weighted by atomic mass is 16.3. The lowest BCUT2D eigenvalue weighted by atomic mass is 10.1. The van der Waals surface area contributed by atoms with E-state index in [9.17, 15) is 5.11 Å². The zero-order chi connectivity index (χ0) is 9.84. The van der Waals surface area contributed by atoms with Crippen LogP contribution in [0.15, 0.2) is 18.2 Å². The lowest BCUT2D eigenvalue weighted by Crippen LogP contribution is -2.03. The van der Waals surface area contributed by atoms with Crippen molar-refractivity contribution in [3.05, 3.63) is 23.8 Å². The summed E-state index contributed by atoms with van der Waals surface area (Å²) in [7, 11) is 0. The van der Waals surface area contributed by atoms with Crippen LogP contribution in [0.4, 0.5) is 5.69 Å². The first-order valence-electron chi connectivity index (χ1n) is 4.27. The topological polar surface area (TPSA) is 56.1 Å². The van der Waals surface area contributed by atoms with Gasteiger partial charge in [-0.2, -0.15) is 0 Å². The van der Waals surface area contributed by atoms with Crippen molar-refractivity contribution in [1.29, 1.82) is 5.41 Å². The molecule has 0 bridgehead atoms. The maximum Gasteiger partial charge on any atom is 0.117 e. The molecule has 0 aliphatic heterocycles. The maximum atomic E-state index is 9.24. The van der Waals surface area contributed by atoms with E-state index in [0.717, 1.165) is 17.8 Å². The van der Waals surface area contributed by atoms with Gasteiger partial charge in [0.25, 0.3) is 0 Å². The number of hydrogen-bond acceptors (Lipinski definition) is 3. The smallest absolute Gasteiger partial charge is 0.117 e. The van der Waals surface area contributed by atoms with E-state index in [2.05, 4.69) is 5.32 Å². The molecule has 0 fully saturated rings. The zero-order valence-electron chi connectivity index (χ0n) is 7.89. The van der Waals surface area contributed by atoms with Crippen LogP contribution in [-0.4, -0.2) is 17.4 Å². The Bertz CT molecular complexity index is 321. The monoisotopic (exact) mass is 178 g/mol. The van der Waals surface area contributed by atoms with Crippen LogP contribution in [0.5, 0.6) is 5.75 Å². The molecule has 0 atom stereocenters. The minimum atomic E-state index is 0.223. The molecule has 1 aromatic carbocycles. The fraction of sp³-hybridized carbons (Fsp3) is 0.300. The van der Waals surface area contributed by atoms with Crippen LogP contribution >= 0.6 is 0 Å². The van der Waals surface area contributed by atoms with Gasteiger partial charge in [-0.1, -0.05) is 0 Å². The van der Waals surface area contributed by atoms with Gasteiger partial charge < -0.3 is 15.8 Å². The van der Waals surface area contributed by atoms with E-state index < -0.39 is 0 Å². The van der Waals surface area contributed by atoms with Crippen LogP contribution in [0.2, 0.25) is 0 Å². The molecule has 0 unspecified atom stereocenters. The number of hydrogen-bond donors (Lipinski definition) is 3. The SMILES string of the molecule is CCNc1cc(O)ccc1C(C)=N. The van der Waals surface area contributed by atoms with Crippen LogP contribution in [-0.2, 0) is 0 Å². The normalized spacial score (nSPS) is 9.69. The molecular formula is C10H14N2O. The Morgan fingerprint density at radius 3 is 2.77 bits per heavy atom. The van der Waals surface area contributed by atoms with Crippen LogP contribution in [0.1, 0.15) is 19.4 Å². The summed E-state index contributed by atoms with van der Waals surface area (Å²) in [5.41, 5.74) is 2.14. The number of aromatic hydroxyl groups is 1. The molecule has 0 amide bonds. The van der Waals surface area contributed by atoms with Crippen molar-refractivity contribution in [1.82, 2.24) is 0 Å². The van der Waals surface area contributed by atoms with Gasteiger partial charge in [-0.05, 0) is 26.0 Å². The van der Waals surface area contributed by atoms with Gasteiger partial charge >= 0.3 is 0 Å². The van der Waals surface area contributed by atoms with Gasteiger partial charge in [0.1, 0.15) is 5.75 Å². The summed E-state index contributed by atoms with van der Waals surface area (Å²) in [6.07, 6.45) is 0. The molecule has 0 saturated heterocycles. The predicted molar refractivity (Wildman–Crippen MR) is 54.8 cm³/mol. The number of rotatable bonds is 3. The molecule has 70 valence electrons. The van der Waals surface area contributed by atoms with E-state index in [1.807, 2.05) is 6.92 Å². The quantitative estimate of drug-likeness (QED) is 0.621. The van der Waals surface area contributed by atoms with Gasteiger partial charge in [0, 0.05) is 29.6 Å². The Morgan fingerprint density at radius 2 is 2.23 bits per heavy atom. The van der Waals surface area contributed by atoms with Crippen molar-refractivity contribution in [2.75, 3.05) is 11.9 Å². The maximum absolute atomic E-state index is 9.24. The molecule has 0 aromatic heterocycles. The zero-order valence-corrected chi connectivity index (χ0v) is 7.89. The van der Waals surface area contributed by atoms with Crippen molar-refractivity contribution >= 4 is 11.4 Å². The molecule has 0 aliphatic rings. The fourth-order valence-electron chi connectivity index (χ4n) is 1.20. The fourth-order valence-corrected chi connectivity index (χ4v) is 1.20. The Labute approximate surface area is 77.9 Å². The summed E-state index contributed by atoms with van der Waals surface area (Å²) in [6, 6.07) is 4.97. The van der Waals surface area contributed by atoms with E-state index in [1.54, 1.807) is 25.1 Å². The second kappa shape index (κ2) is 3.94. The largest absolute Gasteiger partial charge is 0.508 e. The number of phenols is 1. The van der Waals surface area contributed by atoms with Crippen LogP contribution in [0.25, 0.3) is 0 Å². The summed E-state index contributed by atoms with van der Waals surface area (Å²) in [5.74, 6) is 0.223. The number of nitrogens with one attached hydrogen (secondary N) is 2. The second-order valence-electron chi connectivity index (χ2n) is 2.89. The highest BCUT2D eigenvalue weighted by Crippen LogP contribution is 2.21. The first-order valence-corrected chi connectivity index (χ1v) is 4.27. The van der Waals surface area contributed by atoms with Crippen molar-refractivity contribution in [3.8, 4) is 5.75 Å². The Balaban J connectivity index is 3.10. The molecule has 13 heavy (non-hydrogen) atoms. The highest BCUT2D eigenvalue weighted by Gasteiger charge is 2.03. The average molecular weight is 178 g/mol. The summed E-state index contributed by atoms with van der Waals surface area (Å²) < 4.78 is 0. The van der Waals surface area contributed by atoms with E-state index in [-0.39, 0.29) is 5.75 Å². The van der Waals surface area contributed by atoms with Crippen molar-refractivity contribution in [3.63, 3.8) is 0 Å². The second-order valence-corrected chi connectivity index (χ2v) is 2.89. The molecule has 3 nitrogen and oxygen atoms in total. The summed E-state index contributed by atoms with van der Waals surface area (Å²) in [4.78, 5) is 0. The molecule has 1 rings (SSSR count). The van der Waals surface area contributed by atoms with E-state index in [4.69, 9.17) is 5.41 Å². The van der Waals surface area contributed by atoms with Crippen LogP contribution < -0.4 is 5.32 Å². The third kappa shape index (κ3) is 2.21. The summed E-state index contributed by atoms with van der Waals surface area (Å²) >= 11 is 0. The Kier molecular flexibility index (Phi) is 2.90. The lowest BCUT2D eigenvalue weighted by Gasteiger charge is -2.09. The Hall–Kier alpha value is -1.51. The van der Waals surface area contributed by atoms with Gasteiger partial charge in [0.15, 0.2) is 0 Å². The van der Waals surface area contributed by atoms with Gasteiger partial charge in [0.05, 0.1) is 0 Å². The molecule has 3 N–H and O–H groups in total. The van der Waals surface area contributed by atoms with E-state index in [0.29, 0.717) is 5.71 Å². The Morgan fingerprint density at radius 1 is 1.54 bits per heavy atom. The van der Waals surface area contributed by atoms with E-state index >= 15 is 0 Å². The molecule has 0 saturated carbocycles. The molecule has 0 spiro atoms.